The molecule has 4 nitrogen and oxygen atoms in total. The van der Waals surface area contributed by atoms with E-state index in [1.54, 1.807) is 17.0 Å². The zero-order valence-corrected chi connectivity index (χ0v) is 13.1. The van der Waals surface area contributed by atoms with E-state index in [-0.39, 0.29) is 17.9 Å². The number of aryl methyl sites for hydroxylation is 1. The normalized spacial score (nSPS) is 25.2. The molecule has 0 bridgehead atoms. The van der Waals surface area contributed by atoms with E-state index in [1.807, 2.05) is 24.8 Å². The van der Waals surface area contributed by atoms with Crippen LogP contribution < -0.4 is 0 Å². The van der Waals surface area contributed by atoms with E-state index in [2.05, 4.69) is 0 Å². The summed E-state index contributed by atoms with van der Waals surface area (Å²) in [5, 5.41) is 0.583. The molecule has 0 saturated carbocycles. The van der Waals surface area contributed by atoms with Crippen molar-refractivity contribution >= 4 is 23.4 Å². The van der Waals surface area contributed by atoms with Crippen LogP contribution in [0.25, 0.3) is 0 Å². The Morgan fingerprint density at radius 1 is 1.38 bits per heavy atom. The van der Waals surface area contributed by atoms with E-state index < -0.39 is 6.04 Å². The first-order chi connectivity index (χ1) is 9.99. The molecule has 2 saturated heterocycles. The van der Waals surface area contributed by atoms with Gasteiger partial charge in [-0.3, -0.25) is 9.59 Å². The average Bonchev–Trinajstić information content (AvgIpc) is 2.93. The minimum atomic E-state index is -0.396. The van der Waals surface area contributed by atoms with Gasteiger partial charge in [-0.2, -0.15) is 0 Å². The minimum absolute atomic E-state index is 0.0651. The molecule has 3 rings (SSSR count). The van der Waals surface area contributed by atoms with Crippen LogP contribution in [0.5, 0.6) is 0 Å². The molecule has 2 aliphatic heterocycles. The lowest BCUT2D eigenvalue weighted by molar-refractivity contribution is -0.141. The van der Waals surface area contributed by atoms with Crippen LogP contribution in [0.3, 0.4) is 0 Å². The number of rotatable bonds is 1. The highest BCUT2D eigenvalue weighted by atomic mass is 35.5. The minimum Gasteiger partial charge on any atom is -0.336 e. The Labute approximate surface area is 129 Å². The average molecular weight is 307 g/mol. The van der Waals surface area contributed by atoms with Gasteiger partial charge in [-0.1, -0.05) is 17.7 Å². The summed E-state index contributed by atoms with van der Waals surface area (Å²) in [7, 11) is 0. The fraction of sp³-hybridized carbons (Fsp3) is 0.500. The lowest BCUT2D eigenvalue weighted by Crippen LogP contribution is -2.60. The van der Waals surface area contributed by atoms with Crippen LogP contribution in [0, 0.1) is 6.92 Å². The first-order valence-electron chi connectivity index (χ1n) is 7.36. The predicted octanol–water partition coefficient (Wildman–Crippen LogP) is 2.48. The molecule has 2 heterocycles. The molecular formula is C16H19ClN2O2. The SMILES string of the molecule is Cc1ccc(C(=O)N2C[C@H]3CCCN3C(=O)[C@@H]2C)cc1Cl. The number of piperazine rings is 1. The summed E-state index contributed by atoms with van der Waals surface area (Å²) >= 11 is 6.11. The third-order valence-corrected chi connectivity index (χ3v) is 4.98. The summed E-state index contributed by atoms with van der Waals surface area (Å²) in [5.41, 5.74) is 1.50. The van der Waals surface area contributed by atoms with Gasteiger partial charge >= 0.3 is 0 Å². The third-order valence-electron chi connectivity index (χ3n) is 4.57. The number of benzene rings is 1. The van der Waals surface area contributed by atoms with Crippen molar-refractivity contribution in [2.75, 3.05) is 13.1 Å². The van der Waals surface area contributed by atoms with E-state index >= 15 is 0 Å². The van der Waals surface area contributed by atoms with Gasteiger partial charge in [-0.05, 0) is 44.4 Å². The number of amides is 2. The number of hydrogen-bond donors (Lipinski definition) is 0. The molecule has 0 unspecified atom stereocenters. The maximum absolute atomic E-state index is 12.7. The molecule has 1 aromatic carbocycles. The van der Waals surface area contributed by atoms with E-state index in [1.165, 1.54) is 0 Å². The highest BCUT2D eigenvalue weighted by molar-refractivity contribution is 6.31. The Hall–Kier alpha value is -1.55. The first-order valence-corrected chi connectivity index (χ1v) is 7.74. The van der Waals surface area contributed by atoms with Crippen molar-refractivity contribution in [3.05, 3.63) is 34.3 Å². The summed E-state index contributed by atoms with van der Waals surface area (Å²) in [4.78, 5) is 28.7. The molecule has 0 aromatic heterocycles. The highest BCUT2D eigenvalue weighted by Crippen LogP contribution is 2.27. The Morgan fingerprint density at radius 3 is 2.86 bits per heavy atom. The second-order valence-electron chi connectivity index (χ2n) is 5.93. The monoisotopic (exact) mass is 306 g/mol. The van der Waals surface area contributed by atoms with E-state index in [9.17, 15) is 9.59 Å². The molecule has 21 heavy (non-hydrogen) atoms. The number of nitrogens with zero attached hydrogens (tertiary/aromatic N) is 2. The van der Waals surface area contributed by atoms with Crippen molar-refractivity contribution in [3.63, 3.8) is 0 Å². The molecule has 2 aliphatic rings. The summed E-state index contributed by atoms with van der Waals surface area (Å²) in [6.45, 7) is 5.16. The summed E-state index contributed by atoms with van der Waals surface area (Å²) in [6.07, 6.45) is 2.01. The van der Waals surface area contributed by atoms with E-state index in [0.717, 1.165) is 24.9 Å². The van der Waals surface area contributed by atoms with Crippen LogP contribution in [0.4, 0.5) is 0 Å². The van der Waals surface area contributed by atoms with Crippen LogP contribution in [0.15, 0.2) is 18.2 Å². The smallest absolute Gasteiger partial charge is 0.254 e. The Kier molecular flexibility index (Phi) is 3.66. The van der Waals surface area contributed by atoms with E-state index in [0.29, 0.717) is 17.1 Å². The molecule has 2 atom stereocenters. The van der Waals surface area contributed by atoms with Crippen molar-refractivity contribution in [2.24, 2.45) is 0 Å². The number of carbonyl (C=O) groups is 2. The van der Waals surface area contributed by atoms with Gasteiger partial charge in [-0.15, -0.1) is 0 Å². The molecule has 0 radical (unpaired) electrons. The van der Waals surface area contributed by atoms with Crippen LogP contribution in [0.1, 0.15) is 35.7 Å². The van der Waals surface area contributed by atoms with Crippen molar-refractivity contribution < 1.29 is 9.59 Å². The van der Waals surface area contributed by atoms with Crippen LogP contribution in [-0.2, 0) is 4.79 Å². The van der Waals surface area contributed by atoms with Crippen LogP contribution >= 0.6 is 11.6 Å². The summed E-state index contributed by atoms with van der Waals surface area (Å²) < 4.78 is 0. The molecular weight excluding hydrogens is 288 g/mol. The number of carbonyl (C=O) groups excluding carboxylic acids is 2. The van der Waals surface area contributed by atoms with Crippen molar-refractivity contribution in [1.82, 2.24) is 9.80 Å². The molecule has 0 spiro atoms. The predicted molar refractivity (Wildman–Crippen MR) is 81.4 cm³/mol. The Bertz CT molecular complexity index is 602. The molecule has 112 valence electrons. The van der Waals surface area contributed by atoms with Crippen molar-refractivity contribution in [2.45, 2.75) is 38.8 Å². The van der Waals surface area contributed by atoms with Gasteiger partial charge in [0.1, 0.15) is 6.04 Å². The van der Waals surface area contributed by atoms with Gasteiger partial charge in [0.2, 0.25) is 5.91 Å². The first kappa shape index (κ1) is 14.4. The molecule has 2 amide bonds. The summed E-state index contributed by atoms with van der Waals surface area (Å²) in [6, 6.07) is 5.10. The molecule has 1 aromatic rings. The van der Waals surface area contributed by atoms with Gasteiger partial charge in [0, 0.05) is 29.7 Å². The number of halogens is 1. The maximum atomic E-state index is 12.7. The third kappa shape index (κ3) is 2.42. The molecule has 0 N–H and O–H groups in total. The van der Waals surface area contributed by atoms with Crippen LogP contribution in [0.2, 0.25) is 5.02 Å². The summed E-state index contributed by atoms with van der Waals surface area (Å²) in [5.74, 6) is -0.0420. The fourth-order valence-corrected chi connectivity index (χ4v) is 3.41. The molecule has 5 heteroatoms. The lowest BCUT2D eigenvalue weighted by atomic mass is 10.0. The van der Waals surface area contributed by atoms with Crippen LogP contribution in [-0.4, -0.2) is 46.8 Å². The van der Waals surface area contributed by atoms with Crippen molar-refractivity contribution in [1.29, 1.82) is 0 Å². The standard InChI is InChI=1S/C16H19ClN2O2/c1-10-5-6-12(8-14(10)17)16(21)19-9-13-4-3-7-18(13)15(20)11(19)2/h5-6,8,11,13H,3-4,7,9H2,1-2H3/t11-,13+/m0/s1. The largest absolute Gasteiger partial charge is 0.336 e. The van der Waals surface area contributed by atoms with Gasteiger partial charge in [0.05, 0.1) is 0 Å². The number of fused-ring (bicyclic) bond motifs is 1. The lowest BCUT2D eigenvalue weighted by Gasteiger charge is -2.41. The van der Waals surface area contributed by atoms with Gasteiger partial charge in [0.15, 0.2) is 0 Å². The number of hydrogen-bond acceptors (Lipinski definition) is 2. The van der Waals surface area contributed by atoms with Gasteiger partial charge in [0.25, 0.3) is 5.91 Å². The topological polar surface area (TPSA) is 40.6 Å². The van der Waals surface area contributed by atoms with E-state index in [4.69, 9.17) is 11.6 Å². The highest BCUT2D eigenvalue weighted by Gasteiger charge is 2.42. The molecule has 0 aliphatic carbocycles. The zero-order valence-electron chi connectivity index (χ0n) is 12.3. The fourth-order valence-electron chi connectivity index (χ4n) is 3.22. The quantitative estimate of drug-likeness (QED) is 0.800. The molecule has 2 fully saturated rings. The zero-order chi connectivity index (χ0) is 15.1. The second kappa shape index (κ2) is 5.34. The van der Waals surface area contributed by atoms with Gasteiger partial charge in [-0.25, -0.2) is 0 Å². The second-order valence-corrected chi connectivity index (χ2v) is 6.33. The van der Waals surface area contributed by atoms with Gasteiger partial charge < -0.3 is 9.80 Å². The maximum Gasteiger partial charge on any atom is 0.254 e. The van der Waals surface area contributed by atoms with Crippen molar-refractivity contribution in [3.8, 4) is 0 Å². The Morgan fingerprint density at radius 2 is 2.14 bits per heavy atom. The Balaban J connectivity index is 1.86.